The van der Waals surface area contributed by atoms with Crippen molar-refractivity contribution < 1.29 is 9.59 Å². The van der Waals surface area contributed by atoms with Gasteiger partial charge in [0.1, 0.15) is 5.82 Å². The molecule has 3 aliphatic rings. The second-order valence-electron chi connectivity index (χ2n) is 9.96. The van der Waals surface area contributed by atoms with Gasteiger partial charge in [0.15, 0.2) is 0 Å². The first-order chi connectivity index (χ1) is 15.9. The minimum Gasteiger partial charge on any atom is -0.349 e. The summed E-state index contributed by atoms with van der Waals surface area (Å²) in [5.74, 6) is 1.28. The van der Waals surface area contributed by atoms with Gasteiger partial charge in [0, 0.05) is 57.2 Å². The summed E-state index contributed by atoms with van der Waals surface area (Å²) in [5.41, 5.74) is 3.67. The summed E-state index contributed by atoms with van der Waals surface area (Å²) in [5, 5.41) is 7.40. The maximum Gasteiger partial charge on any atom is 0.219 e. The van der Waals surface area contributed by atoms with Gasteiger partial charge in [0.05, 0.1) is 18.3 Å². The highest BCUT2D eigenvalue weighted by molar-refractivity contribution is 7.08. The van der Waals surface area contributed by atoms with Crippen molar-refractivity contribution in [1.29, 1.82) is 0 Å². The third-order valence-electron chi connectivity index (χ3n) is 7.90. The van der Waals surface area contributed by atoms with Gasteiger partial charge in [-0.15, -0.1) is 0 Å². The highest BCUT2D eigenvalue weighted by Gasteiger charge is 2.42. The SMILES string of the molecule is CC(=O)N[C@@H](CCN1C2CCC1CC(n1c(C)nc3c1CCN(C(C)=O)C3)C2)c1ccsc1. The zero-order valence-corrected chi connectivity index (χ0v) is 20.7. The number of nitrogens with zero attached hydrogens (tertiary/aromatic N) is 4. The van der Waals surface area contributed by atoms with E-state index in [1.165, 1.54) is 36.9 Å². The van der Waals surface area contributed by atoms with Crippen LogP contribution < -0.4 is 5.32 Å². The number of rotatable bonds is 6. The zero-order valence-electron chi connectivity index (χ0n) is 19.9. The molecule has 2 amide bonds. The van der Waals surface area contributed by atoms with E-state index < -0.39 is 0 Å². The Bertz CT molecular complexity index is 1000. The average molecular weight is 470 g/mol. The molecule has 3 aliphatic heterocycles. The number of fused-ring (bicyclic) bond motifs is 3. The number of imidazole rings is 1. The van der Waals surface area contributed by atoms with E-state index in [1.807, 2.05) is 4.90 Å². The average Bonchev–Trinajstić information content (AvgIpc) is 3.46. The van der Waals surface area contributed by atoms with Crippen LogP contribution in [0.25, 0.3) is 0 Å². The van der Waals surface area contributed by atoms with Crippen molar-refractivity contribution in [2.45, 2.75) is 90.0 Å². The lowest BCUT2D eigenvalue weighted by Crippen LogP contribution is -2.45. The minimum absolute atomic E-state index is 0.0385. The molecule has 8 heteroatoms. The summed E-state index contributed by atoms with van der Waals surface area (Å²) in [6.45, 7) is 7.86. The Labute approximate surface area is 200 Å². The van der Waals surface area contributed by atoms with Crippen molar-refractivity contribution in [1.82, 2.24) is 24.7 Å². The first kappa shape index (κ1) is 22.6. The fraction of sp³-hybridized carbons (Fsp3) is 0.640. The topological polar surface area (TPSA) is 70.5 Å². The number of hydrogen-bond donors (Lipinski definition) is 1. The van der Waals surface area contributed by atoms with E-state index in [2.05, 4.69) is 38.5 Å². The van der Waals surface area contributed by atoms with Crippen molar-refractivity contribution >= 4 is 23.2 Å². The fourth-order valence-corrected chi connectivity index (χ4v) is 7.15. The molecule has 2 aromatic rings. The van der Waals surface area contributed by atoms with E-state index in [0.717, 1.165) is 37.4 Å². The molecule has 0 saturated carbocycles. The molecule has 0 spiro atoms. The van der Waals surface area contributed by atoms with Crippen LogP contribution in [0.5, 0.6) is 0 Å². The van der Waals surface area contributed by atoms with E-state index >= 15 is 0 Å². The number of piperidine rings is 1. The number of aromatic nitrogens is 2. The molecular weight excluding hydrogens is 434 g/mol. The van der Waals surface area contributed by atoms with Crippen LogP contribution in [0.15, 0.2) is 16.8 Å². The first-order valence-electron chi connectivity index (χ1n) is 12.3. The molecular formula is C25H35N5O2S. The zero-order chi connectivity index (χ0) is 23.1. The lowest BCUT2D eigenvalue weighted by atomic mass is 9.95. The normalized spacial score (nSPS) is 25.7. The molecule has 33 heavy (non-hydrogen) atoms. The van der Waals surface area contributed by atoms with Crippen LogP contribution in [0.4, 0.5) is 0 Å². The highest BCUT2D eigenvalue weighted by atomic mass is 32.1. The van der Waals surface area contributed by atoms with Crippen LogP contribution in [0.1, 0.15) is 80.8 Å². The van der Waals surface area contributed by atoms with Crippen molar-refractivity contribution in [3.8, 4) is 0 Å². The summed E-state index contributed by atoms with van der Waals surface area (Å²) in [6, 6.07) is 3.93. The Hall–Kier alpha value is -2.19. The third-order valence-corrected chi connectivity index (χ3v) is 8.60. The monoisotopic (exact) mass is 469 g/mol. The largest absolute Gasteiger partial charge is 0.349 e. The molecule has 2 bridgehead atoms. The van der Waals surface area contributed by atoms with Gasteiger partial charge in [-0.2, -0.15) is 11.3 Å². The summed E-state index contributed by atoms with van der Waals surface area (Å²) < 4.78 is 2.51. The number of amides is 2. The molecule has 0 radical (unpaired) electrons. The van der Waals surface area contributed by atoms with E-state index in [4.69, 9.17) is 4.98 Å². The minimum atomic E-state index is 0.0385. The Balaban J connectivity index is 1.27. The van der Waals surface area contributed by atoms with Crippen LogP contribution in [-0.4, -0.2) is 56.3 Å². The quantitative estimate of drug-likeness (QED) is 0.702. The van der Waals surface area contributed by atoms with Gasteiger partial charge in [-0.3, -0.25) is 14.5 Å². The van der Waals surface area contributed by atoms with Crippen molar-refractivity contribution in [2.24, 2.45) is 0 Å². The molecule has 2 fully saturated rings. The lowest BCUT2D eigenvalue weighted by molar-refractivity contribution is -0.129. The number of aryl methyl sites for hydroxylation is 1. The lowest BCUT2D eigenvalue weighted by Gasteiger charge is -2.41. The van der Waals surface area contributed by atoms with E-state index in [0.29, 0.717) is 24.7 Å². The summed E-state index contributed by atoms with van der Waals surface area (Å²) in [4.78, 5) is 33.1. The molecule has 2 saturated heterocycles. The molecule has 5 rings (SSSR count). The fourth-order valence-electron chi connectivity index (χ4n) is 6.43. The van der Waals surface area contributed by atoms with Crippen LogP contribution >= 0.6 is 11.3 Å². The molecule has 0 aliphatic carbocycles. The highest BCUT2D eigenvalue weighted by Crippen LogP contribution is 2.43. The summed E-state index contributed by atoms with van der Waals surface area (Å²) >= 11 is 1.69. The van der Waals surface area contributed by atoms with Gasteiger partial charge in [-0.25, -0.2) is 4.98 Å². The van der Waals surface area contributed by atoms with E-state index in [-0.39, 0.29) is 17.9 Å². The number of thiophene rings is 1. The van der Waals surface area contributed by atoms with Gasteiger partial charge < -0.3 is 14.8 Å². The third kappa shape index (κ3) is 4.47. The van der Waals surface area contributed by atoms with E-state index in [9.17, 15) is 9.59 Å². The molecule has 7 nitrogen and oxygen atoms in total. The maximum absolute atomic E-state index is 11.8. The molecule has 1 N–H and O–H groups in total. The molecule has 178 valence electrons. The first-order valence-corrected chi connectivity index (χ1v) is 13.2. The van der Waals surface area contributed by atoms with Crippen molar-refractivity contribution in [3.63, 3.8) is 0 Å². The molecule has 2 unspecified atom stereocenters. The van der Waals surface area contributed by atoms with Gasteiger partial charge in [0.25, 0.3) is 0 Å². The standard InChI is InChI=1S/C25H35N5O2S/c1-16-26-24-14-28(18(3)32)9-7-25(24)30(16)22-12-20-4-5-21(13-22)29(20)10-6-23(27-17(2)31)19-8-11-33-15-19/h8,11,15,20-23H,4-7,9-10,12-14H2,1-3H3,(H,27,31)/t20?,21?,22?,23-/m0/s1. The summed E-state index contributed by atoms with van der Waals surface area (Å²) in [7, 11) is 0. The van der Waals surface area contributed by atoms with Gasteiger partial charge in [0.2, 0.25) is 11.8 Å². The van der Waals surface area contributed by atoms with Crippen LogP contribution in [-0.2, 0) is 22.6 Å². The van der Waals surface area contributed by atoms with E-state index in [1.54, 1.807) is 25.2 Å². The Morgan fingerprint density at radius 1 is 1.21 bits per heavy atom. The second kappa shape index (κ2) is 9.22. The molecule has 3 atom stereocenters. The summed E-state index contributed by atoms with van der Waals surface area (Å²) in [6.07, 6.45) is 6.72. The van der Waals surface area contributed by atoms with Crippen molar-refractivity contribution in [2.75, 3.05) is 13.1 Å². The number of nitrogens with one attached hydrogen (secondary N) is 1. The Morgan fingerprint density at radius 2 is 1.97 bits per heavy atom. The number of hydrogen-bond acceptors (Lipinski definition) is 5. The number of carbonyl (C=O) groups excluding carboxylic acids is 2. The molecule has 2 aromatic heterocycles. The number of carbonyl (C=O) groups is 2. The van der Waals surface area contributed by atoms with Gasteiger partial charge >= 0.3 is 0 Å². The molecule has 0 aromatic carbocycles. The maximum atomic E-state index is 11.8. The molecule has 5 heterocycles. The predicted molar refractivity (Wildman–Crippen MR) is 129 cm³/mol. The van der Waals surface area contributed by atoms with Crippen LogP contribution in [0, 0.1) is 6.92 Å². The Morgan fingerprint density at radius 3 is 2.61 bits per heavy atom. The predicted octanol–water partition coefficient (Wildman–Crippen LogP) is 3.59. The van der Waals surface area contributed by atoms with Crippen LogP contribution in [0.3, 0.4) is 0 Å². The Kier molecular flexibility index (Phi) is 6.31. The van der Waals surface area contributed by atoms with Crippen molar-refractivity contribution in [3.05, 3.63) is 39.6 Å². The van der Waals surface area contributed by atoms with Gasteiger partial charge in [-0.05, 0) is 61.4 Å². The second-order valence-corrected chi connectivity index (χ2v) is 10.7. The van der Waals surface area contributed by atoms with Gasteiger partial charge in [-0.1, -0.05) is 0 Å². The van der Waals surface area contributed by atoms with Crippen LogP contribution in [0.2, 0.25) is 0 Å². The smallest absolute Gasteiger partial charge is 0.219 e.